The summed E-state index contributed by atoms with van der Waals surface area (Å²) in [6, 6.07) is 52.2. The van der Waals surface area contributed by atoms with E-state index in [0.29, 0.717) is 22.3 Å². The van der Waals surface area contributed by atoms with Crippen LogP contribution in [0.15, 0.2) is 182 Å². The van der Waals surface area contributed by atoms with Crippen molar-refractivity contribution in [3.63, 3.8) is 0 Å². The Balaban J connectivity index is 1.32. The lowest BCUT2D eigenvalue weighted by Crippen LogP contribution is -2.28. The Kier molecular flexibility index (Phi) is 9.58. The number of ether oxygens (including phenoxy) is 2. The second-order valence-corrected chi connectivity index (χ2v) is 14.6. The van der Waals surface area contributed by atoms with Crippen LogP contribution in [0.3, 0.4) is 0 Å². The topological polar surface area (TPSA) is 70.5 Å². The van der Waals surface area contributed by atoms with E-state index < -0.39 is 40.4 Å². The summed E-state index contributed by atoms with van der Waals surface area (Å²) in [5.74, 6) is -0.741. The molecule has 0 spiro atoms. The molecule has 0 fully saturated rings. The Morgan fingerprint density at radius 1 is 0.377 bits per heavy atom. The molecular formula is C51H34F6N2O2. The van der Waals surface area contributed by atoms with E-state index in [-0.39, 0.29) is 22.9 Å². The summed E-state index contributed by atoms with van der Waals surface area (Å²) in [6.45, 7) is 0. The largest absolute Gasteiger partial charge is 0.454 e. The smallest absolute Gasteiger partial charge is 0.420 e. The van der Waals surface area contributed by atoms with E-state index in [1.165, 1.54) is 24.3 Å². The molecule has 9 rings (SSSR count). The summed E-state index contributed by atoms with van der Waals surface area (Å²) in [5.41, 5.74) is 16.4. The van der Waals surface area contributed by atoms with Gasteiger partial charge in [-0.05, 0) is 93.0 Å². The molecule has 0 aromatic heterocycles. The zero-order chi connectivity index (χ0) is 42.5. The highest BCUT2D eigenvalue weighted by molar-refractivity contribution is 5.88. The standard InChI is InChI=1S/C51H34F6N2O2/c52-50(53,54)41-21-11-23-43(58)47(41)60-45-27-25-33(29-37(45)31-13-3-1-4-14-31)49(39-19-9-7-17-35(39)36-18-8-10-20-40(36)49)34-26-28-46(38(30-34)32-15-5-2-6-16-32)61-48-42(51(55,56)57)22-12-24-44(48)59/h1-30H,58-59H2. The van der Waals surface area contributed by atoms with Gasteiger partial charge in [-0.3, -0.25) is 0 Å². The highest BCUT2D eigenvalue weighted by atomic mass is 19.4. The van der Waals surface area contributed by atoms with Crippen molar-refractivity contribution in [1.29, 1.82) is 0 Å². The van der Waals surface area contributed by atoms with E-state index >= 15 is 0 Å². The van der Waals surface area contributed by atoms with Crippen LogP contribution in [0, 0.1) is 0 Å². The zero-order valence-electron chi connectivity index (χ0n) is 32.1. The van der Waals surface area contributed by atoms with Crippen LogP contribution in [0.1, 0.15) is 33.4 Å². The number of nitrogens with two attached hydrogens (primary N) is 2. The van der Waals surface area contributed by atoms with Crippen LogP contribution < -0.4 is 20.9 Å². The van der Waals surface area contributed by atoms with E-state index in [0.717, 1.165) is 45.5 Å². The molecule has 0 amide bonds. The van der Waals surface area contributed by atoms with E-state index in [9.17, 15) is 26.3 Å². The zero-order valence-corrected chi connectivity index (χ0v) is 32.1. The second kappa shape index (κ2) is 15.0. The van der Waals surface area contributed by atoms with Gasteiger partial charge in [-0.25, -0.2) is 0 Å². The maximum absolute atomic E-state index is 14.3. The fraction of sp³-hybridized carbons (Fsp3) is 0.0588. The minimum Gasteiger partial charge on any atom is -0.454 e. The summed E-state index contributed by atoms with van der Waals surface area (Å²) in [5, 5.41) is 0. The van der Waals surface area contributed by atoms with Gasteiger partial charge in [0.25, 0.3) is 0 Å². The number of nitrogen functional groups attached to an aromatic ring is 2. The summed E-state index contributed by atoms with van der Waals surface area (Å²) in [4.78, 5) is 0. The number of hydrogen-bond donors (Lipinski definition) is 2. The van der Waals surface area contributed by atoms with E-state index in [1.54, 1.807) is 12.1 Å². The summed E-state index contributed by atoms with van der Waals surface area (Å²) in [7, 11) is 0. The quantitative estimate of drug-likeness (QED) is 0.118. The highest BCUT2D eigenvalue weighted by Crippen LogP contribution is 2.58. The maximum Gasteiger partial charge on any atom is 0.420 e. The first-order valence-electron chi connectivity index (χ1n) is 19.2. The van der Waals surface area contributed by atoms with E-state index in [1.807, 2.05) is 133 Å². The first kappa shape index (κ1) is 39.0. The molecule has 0 heterocycles. The number of hydrogen-bond acceptors (Lipinski definition) is 4. The molecule has 1 aliphatic rings. The SMILES string of the molecule is Nc1cccc(C(F)(F)F)c1Oc1ccc(C2(c3ccc(Oc4c(N)cccc4C(F)(F)F)c(-c4ccccc4)c3)c3ccccc3-c3ccccc32)cc1-c1ccccc1. The van der Waals surface area contributed by atoms with Crippen LogP contribution in [0.4, 0.5) is 37.7 Å². The lowest BCUT2D eigenvalue weighted by Gasteiger charge is -2.35. The highest BCUT2D eigenvalue weighted by Gasteiger charge is 2.47. The van der Waals surface area contributed by atoms with Crippen LogP contribution in [0.2, 0.25) is 0 Å². The molecule has 0 saturated heterocycles. The van der Waals surface area contributed by atoms with Crippen molar-refractivity contribution in [2.24, 2.45) is 0 Å². The molecule has 0 radical (unpaired) electrons. The van der Waals surface area contributed by atoms with Crippen molar-refractivity contribution in [1.82, 2.24) is 0 Å². The molecule has 4 N–H and O–H groups in total. The number of fused-ring (bicyclic) bond motifs is 3. The van der Waals surface area contributed by atoms with Gasteiger partial charge in [-0.1, -0.05) is 133 Å². The maximum atomic E-state index is 14.3. The van der Waals surface area contributed by atoms with Crippen molar-refractivity contribution < 1.29 is 35.8 Å². The molecule has 302 valence electrons. The van der Waals surface area contributed by atoms with Gasteiger partial charge in [-0.15, -0.1) is 0 Å². The summed E-state index contributed by atoms with van der Waals surface area (Å²) in [6.07, 6.45) is -9.49. The average molecular weight is 821 g/mol. The third kappa shape index (κ3) is 6.79. The molecule has 1 aliphatic carbocycles. The minimum atomic E-state index is -4.74. The predicted octanol–water partition coefficient (Wildman–Crippen LogP) is 14.2. The van der Waals surface area contributed by atoms with Crippen LogP contribution in [-0.4, -0.2) is 0 Å². The summed E-state index contributed by atoms with van der Waals surface area (Å²) < 4.78 is 98.4. The molecule has 0 aliphatic heterocycles. The molecule has 61 heavy (non-hydrogen) atoms. The Morgan fingerprint density at radius 2 is 0.754 bits per heavy atom. The third-order valence-corrected chi connectivity index (χ3v) is 11.1. The second-order valence-electron chi connectivity index (χ2n) is 14.6. The predicted molar refractivity (Wildman–Crippen MR) is 226 cm³/mol. The fourth-order valence-corrected chi connectivity index (χ4v) is 8.42. The molecule has 0 bridgehead atoms. The van der Waals surface area contributed by atoms with Gasteiger partial charge in [0.1, 0.15) is 22.6 Å². The normalized spacial score (nSPS) is 13.0. The van der Waals surface area contributed by atoms with E-state index in [2.05, 4.69) is 0 Å². The van der Waals surface area contributed by atoms with Gasteiger partial charge in [0.15, 0.2) is 11.5 Å². The van der Waals surface area contributed by atoms with Gasteiger partial charge >= 0.3 is 12.4 Å². The molecule has 8 aromatic carbocycles. The Morgan fingerprint density at radius 3 is 1.15 bits per heavy atom. The van der Waals surface area contributed by atoms with Crippen molar-refractivity contribution in [3.05, 3.63) is 215 Å². The molecule has 0 atom stereocenters. The van der Waals surface area contributed by atoms with Crippen LogP contribution in [-0.2, 0) is 17.8 Å². The molecule has 8 aromatic rings. The lowest BCUT2D eigenvalue weighted by atomic mass is 9.67. The van der Waals surface area contributed by atoms with Crippen LogP contribution in [0.25, 0.3) is 33.4 Å². The van der Waals surface area contributed by atoms with Crippen molar-refractivity contribution in [2.45, 2.75) is 17.8 Å². The molecule has 0 unspecified atom stereocenters. The number of alkyl halides is 6. The summed E-state index contributed by atoms with van der Waals surface area (Å²) >= 11 is 0. The van der Waals surface area contributed by atoms with Crippen LogP contribution >= 0.6 is 0 Å². The van der Waals surface area contributed by atoms with Gasteiger partial charge in [0.05, 0.1) is 16.8 Å². The van der Waals surface area contributed by atoms with Gasteiger partial charge < -0.3 is 20.9 Å². The minimum absolute atomic E-state index is 0.141. The van der Waals surface area contributed by atoms with Crippen molar-refractivity contribution in [2.75, 3.05) is 11.5 Å². The van der Waals surface area contributed by atoms with Crippen molar-refractivity contribution in [3.8, 4) is 56.4 Å². The van der Waals surface area contributed by atoms with Gasteiger partial charge in [0, 0.05) is 11.1 Å². The third-order valence-electron chi connectivity index (χ3n) is 11.1. The first-order valence-corrected chi connectivity index (χ1v) is 19.2. The molecule has 4 nitrogen and oxygen atoms in total. The Bertz CT molecular complexity index is 2730. The first-order chi connectivity index (χ1) is 29.4. The number of para-hydroxylation sites is 2. The Hall–Kier alpha value is -7.46. The fourth-order valence-electron chi connectivity index (χ4n) is 8.42. The van der Waals surface area contributed by atoms with Gasteiger partial charge in [-0.2, -0.15) is 26.3 Å². The molecule has 10 heteroatoms. The number of anilines is 2. The van der Waals surface area contributed by atoms with E-state index in [4.69, 9.17) is 20.9 Å². The van der Waals surface area contributed by atoms with Crippen LogP contribution in [0.5, 0.6) is 23.0 Å². The number of halogens is 6. The average Bonchev–Trinajstić information content (AvgIpc) is 3.56. The molecular weight excluding hydrogens is 787 g/mol. The van der Waals surface area contributed by atoms with Crippen molar-refractivity contribution >= 4 is 11.4 Å². The Labute approximate surface area is 347 Å². The number of benzene rings is 8. The molecule has 0 saturated carbocycles. The van der Waals surface area contributed by atoms with Gasteiger partial charge in [0.2, 0.25) is 0 Å². The monoisotopic (exact) mass is 820 g/mol. The number of rotatable bonds is 8. The lowest BCUT2D eigenvalue weighted by molar-refractivity contribution is -0.139.